The van der Waals surface area contributed by atoms with Gasteiger partial charge in [0.05, 0.1) is 6.21 Å². The van der Waals surface area contributed by atoms with E-state index in [1.54, 1.807) is 12.3 Å². The van der Waals surface area contributed by atoms with Crippen molar-refractivity contribution in [2.24, 2.45) is 5.10 Å². The van der Waals surface area contributed by atoms with Crippen LogP contribution in [0.2, 0.25) is 0 Å². The molecule has 1 aromatic rings. The average molecular weight is 354 g/mol. The molecule has 1 amide bonds. The number of halogens is 1. The summed E-state index contributed by atoms with van der Waals surface area (Å²) in [5.41, 5.74) is 4.41. The number of benzene rings is 1. The molecular weight excluding hydrogens is 339 g/mol. The molecule has 0 aromatic heterocycles. The average Bonchev–Trinajstić information content (AvgIpc) is 2.40. The Balaban J connectivity index is 1.92. The molecule has 0 aliphatic heterocycles. The van der Waals surface area contributed by atoms with Crippen LogP contribution >= 0.6 is 22.6 Å². The van der Waals surface area contributed by atoms with Gasteiger partial charge >= 0.3 is 0 Å². The molecule has 3 nitrogen and oxygen atoms in total. The van der Waals surface area contributed by atoms with Crippen molar-refractivity contribution >= 4 is 34.7 Å². The van der Waals surface area contributed by atoms with Gasteiger partial charge in [-0.25, -0.2) is 5.43 Å². The van der Waals surface area contributed by atoms with Gasteiger partial charge < -0.3 is 0 Å². The van der Waals surface area contributed by atoms with E-state index in [1.807, 2.05) is 18.2 Å². The zero-order valence-corrected chi connectivity index (χ0v) is 12.2. The standard InChI is InChI=1S/C14H15IN2O/c15-13-8-4-7-12(9-13)14(18)17-16-10-11-5-2-1-3-6-11/h4-5,7-10H,1-3,6H2,(H,17,18)/b16-10-. The van der Waals surface area contributed by atoms with E-state index in [9.17, 15) is 4.79 Å². The number of amides is 1. The van der Waals surface area contributed by atoms with Crippen molar-refractivity contribution in [1.82, 2.24) is 5.43 Å². The number of nitrogens with one attached hydrogen (secondary N) is 1. The Morgan fingerprint density at radius 1 is 1.39 bits per heavy atom. The van der Waals surface area contributed by atoms with Crippen molar-refractivity contribution in [2.45, 2.75) is 25.7 Å². The maximum Gasteiger partial charge on any atom is 0.271 e. The lowest BCUT2D eigenvalue weighted by Crippen LogP contribution is -2.17. The van der Waals surface area contributed by atoms with Gasteiger partial charge in [0.1, 0.15) is 0 Å². The molecule has 18 heavy (non-hydrogen) atoms. The molecular formula is C14H15IN2O. The van der Waals surface area contributed by atoms with Crippen LogP contribution in [0.4, 0.5) is 0 Å². The fourth-order valence-electron chi connectivity index (χ4n) is 1.85. The van der Waals surface area contributed by atoms with E-state index in [4.69, 9.17) is 0 Å². The molecule has 94 valence electrons. The van der Waals surface area contributed by atoms with Crippen LogP contribution in [0.5, 0.6) is 0 Å². The van der Waals surface area contributed by atoms with Gasteiger partial charge in [-0.3, -0.25) is 4.79 Å². The highest BCUT2D eigenvalue weighted by Crippen LogP contribution is 2.15. The smallest absolute Gasteiger partial charge is 0.267 e. The summed E-state index contributed by atoms with van der Waals surface area (Å²) in [6.45, 7) is 0. The Morgan fingerprint density at radius 2 is 2.28 bits per heavy atom. The molecule has 0 bridgehead atoms. The Labute approximate surface area is 120 Å². The van der Waals surface area contributed by atoms with Crippen LogP contribution in [-0.4, -0.2) is 12.1 Å². The molecule has 0 atom stereocenters. The largest absolute Gasteiger partial charge is 0.271 e. The number of hydrazone groups is 1. The minimum absolute atomic E-state index is 0.166. The summed E-state index contributed by atoms with van der Waals surface area (Å²) in [5.74, 6) is -0.166. The first-order chi connectivity index (χ1) is 8.75. The van der Waals surface area contributed by atoms with Crippen LogP contribution in [0.25, 0.3) is 0 Å². The normalized spacial score (nSPS) is 15.5. The molecule has 2 rings (SSSR count). The molecule has 0 saturated heterocycles. The number of hydrogen-bond acceptors (Lipinski definition) is 2. The number of nitrogens with zero attached hydrogens (tertiary/aromatic N) is 1. The summed E-state index contributed by atoms with van der Waals surface area (Å²) < 4.78 is 1.04. The summed E-state index contributed by atoms with van der Waals surface area (Å²) in [4.78, 5) is 11.8. The van der Waals surface area contributed by atoms with E-state index in [1.165, 1.54) is 18.4 Å². The van der Waals surface area contributed by atoms with E-state index in [-0.39, 0.29) is 5.91 Å². The summed E-state index contributed by atoms with van der Waals surface area (Å²) in [7, 11) is 0. The number of carbonyl (C=O) groups is 1. The third-order valence-electron chi connectivity index (χ3n) is 2.81. The lowest BCUT2D eigenvalue weighted by Gasteiger charge is -2.07. The monoisotopic (exact) mass is 354 g/mol. The minimum Gasteiger partial charge on any atom is -0.267 e. The van der Waals surface area contributed by atoms with Gasteiger partial charge in [0.25, 0.3) is 5.91 Å². The fourth-order valence-corrected chi connectivity index (χ4v) is 2.39. The summed E-state index contributed by atoms with van der Waals surface area (Å²) in [5, 5.41) is 4.01. The van der Waals surface area contributed by atoms with Gasteiger partial charge in [0, 0.05) is 9.13 Å². The molecule has 0 unspecified atom stereocenters. The Kier molecular flexibility index (Phi) is 4.92. The third-order valence-corrected chi connectivity index (χ3v) is 3.48. The van der Waals surface area contributed by atoms with Crippen LogP contribution in [0.3, 0.4) is 0 Å². The second-order valence-corrected chi connectivity index (χ2v) is 5.48. The summed E-state index contributed by atoms with van der Waals surface area (Å²) >= 11 is 2.18. The first-order valence-corrected chi connectivity index (χ1v) is 7.11. The number of rotatable bonds is 3. The molecule has 1 aromatic carbocycles. The highest BCUT2D eigenvalue weighted by Gasteiger charge is 2.04. The second kappa shape index (κ2) is 6.68. The van der Waals surface area contributed by atoms with Gasteiger partial charge in [-0.05, 0) is 72.0 Å². The van der Waals surface area contributed by atoms with Crippen LogP contribution in [0, 0.1) is 3.57 Å². The van der Waals surface area contributed by atoms with Crippen LogP contribution in [-0.2, 0) is 0 Å². The molecule has 1 N–H and O–H groups in total. The maximum atomic E-state index is 11.8. The molecule has 1 aliphatic rings. The van der Waals surface area contributed by atoms with Crippen molar-refractivity contribution in [3.05, 3.63) is 45.0 Å². The minimum atomic E-state index is -0.166. The lowest BCUT2D eigenvalue weighted by molar-refractivity contribution is 0.0955. The van der Waals surface area contributed by atoms with Crippen molar-refractivity contribution < 1.29 is 4.79 Å². The quantitative estimate of drug-likeness (QED) is 0.504. The first-order valence-electron chi connectivity index (χ1n) is 6.04. The number of hydrogen-bond donors (Lipinski definition) is 1. The predicted molar refractivity (Wildman–Crippen MR) is 81.7 cm³/mol. The fraction of sp³-hybridized carbons (Fsp3) is 0.286. The second-order valence-electron chi connectivity index (χ2n) is 4.23. The molecule has 0 fully saturated rings. The Hall–Kier alpha value is -1.17. The molecule has 0 heterocycles. The summed E-state index contributed by atoms with van der Waals surface area (Å²) in [6.07, 6.45) is 8.58. The van der Waals surface area contributed by atoms with Gasteiger partial charge in [-0.1, -0.05) is 12.1 Å². The van der Waals surface area contributed by atoms with Gasteiger partial charge in [-0.2, -0.15) is 5.10 Å². The number of allylic oxidation sites excluding steroid dienone is 2. The zero-order chi connectivity index (χ0) is 12.8. The van der Waals surface area contributed by atoms with Crippen LogP contribution in [0.15, 0.2) is 41.0 Å². The summed E-state index contributed by atoms with van der Waals surface area (Å²) in [6, 6.07) is 7.44. The van der Waals surface area contributed by atoms with Gasteiger partial charge in [0.2, 0.25) is 0 Å². The van der Waals surface area contributed by atoms with Gasteiger partial charge in [0.15, 0.2) is 0 Å². The molecule has 0 saturated carbocycles. The van der Waals surface area contributed by atoms with E-state index < -0.39 is 0 Å². The number of carbonyl (C=O) groups excluding carboxylic acids is 1. The first kappa shape index (κ1) is 13.3. The van der Waals surface area contributed by atoms with Crippen molar-refractivity contribution in [3.63, 3.8) is 0 Å². The third kappa shape index (κ3) is 3.94. The Morgan fingerprint density at radius 3 is 3.00 bits per heavy atom. The SMILES string of the molecule is O=C(N/N=C\C1=CCCCC1)c1cccc(I)c1. The molecule has 4 heteroatoms. The van der Waals surface area contributed by atoms with Crippen LogP contribution in [0.1, 0.15) is 36.0 Å². The van der Waals surface area contributed by atoms with E-state index in [0.717, 1.165) is 16.4 Å². The predicted octanol–water partition coefficient (Wildman–Crippen LogP) is 3.51. The Bertz CT molecular complexity index is 494. The topological polar surface area (TPSA) is 41.5 Å². The molecule has 0 spiro atoms. The highest BCUT2D eigenvalue weighted by atomic mass is 127. The van der Waals surface area contributed by atoms with Crippen molar-refractivity contribution in [1.29, 1.82) is 0 Å². The van der Waals surface area contributed by atoms with E-state index >= 15 is 0 Å². The highest BCUT2D eigenvalue weighted by molar-refractivity contribution is 14.1. The van der Waals surface area contributed by atoms with Crippen molar-refractivity contribution in [3.8, 4) is 0 Å². The maximum absolute atomic E-state index is 11.8. The van der Waals surface area contributed by atoms with Crippen LogP contribution < -0.4 is 5.43 Å². The van der Waals surface area contributed by atoms with E-state index in [2.05, 4.69) is 39.2 Å². The molecule has 0 radical (unpaired) electrons. The lowest BCUT2D eigenvalue weighted by atomic mass is 10.0. The van der Waals surface area contributed by atoms with Gasteiger partial charge in [-0.15, -0.1) is 0 Å². The molecule has 1 aliphatic carbocycles. The van der Waals surface area contributed by atoms with E-state index in [0.29, 0.717) is 5.56 Å². The van der Waals surface area contributed by atoms with Crippen molar-refractivity contribution in [2.75, 3.05) is 0 Å². The zero-order valence-electron chi connectivity index (χ0n) is 10.0.